The van der Waals surface area contributed by atoms with Gasteiger partial charge in [0.15, 0.2) is 0 Å². The minimum absolute atomic E-state index is 0.0719. The highest BCUT2D eigenvalue weighted by Crippen LogP contribution is 2.16. The number of rotatable bonds is 7. The van der Waals surface area contributed by atoms with Crippen molar-refractivity contribution in [2.45, 2.75) is 19.4 Å². The zero-order valence-electron chi connectivity index (χ0n) is 12.6. The molecule has 0 aliphatic rings. The summed E-state index contributed by atoms with van der Waals surface area (Å²) in [6, 6.07) is 7.43. The van der Waals surface area contributed by atoms with Crippen LogP contribution in [0.25, 0.3) is 0 Å². The fourth-order valence-corrected chi connectivity index (χ4v) is 2.43. The summed E-state index contributed by atoms with van der Waals surface area (Å²) in [4.78, 5) is 11.7. The predicted molar refractivity (Wildman–Crippen MR) is 85.3 cm³/mol. The van der Waals surface area contributed by atoms with Gasteiger partial charge in [-0.15, -0.1) is 0 Å². The molecule has 0 heterocycles. The van der Waals surface area contributed by atoms with Gasteiger partial charge in [-0.05, 0) is 38.1 Å². The summed E-state index contributed by atoms with van der Waals surface area (Å²) in [6.07, 6.45) is 1.59. The Kier molecular flexibility index (Phi) is 6.64. The summed E-state index contributed by atoms with van der Waals surface area (Å²) in [5, 5.41) is 8.50. The fraction of sp³-hybridized carbons (Fsp3) is 0.500. The molecule has 6 nitrogen and oxygen atoms in total. The summed E-state index contributed by atoms with van der Waals surface area (Å²) < 4.78 is 21.9. The Morgan fingerprint density at radius 1 is 1.33 bits per heavy atom. The lowest BCUT2D eigenvalue weighted by atomic mass is 10.1. The van der Waals surface area contributed by atoms with Crippen LogP contribution in [-0.2, 0) is 9.84 Å². The standard InChI is InChI=1S/C14H23N3O3S/c1-11(15-2)12-6-4-7-13(10-12)17-14(18)16-8-5-9-21(3,19)20/h4,6-7,10-11,15H,5,8-9H2,1-3H3,(H2,16,17,18). The molecule has 0 spiro atoms. The van der Waals surface area contributed by atoms with E-state index in [1.165, 1.54) is 6.26 Å². The molecule has 21 heavy (non-hydrogen) atoms. The number of nitrogens with one attached hydrogen (secondary N) is 3. The second-order valence-electron chi connectivity index (χ2n) is 5.00. The molecule has 0 saturated carbocycles. The van der Waals surface area contributed by atoms with Crippen LogP contribution in [0.3, 0.4) is 0 Å². The van der Waals surface area contributed by atoms with Gasteiger partial charge in [-0.2, -0.15) is 0 Å². The minimum atomic E-state index is -2.98. The smallest absolute Gasteiger partial charge is 0.319 e. The molecule has 0 radical (unpaired) electrons. The first-order valence-corrected chi connectivity index (χ1v) is 8.87. The highest BCUT2D eigenvalue weighted by Gasteiger charge is 2.06. The SMILES string of the molecule is CNC(C)c1cccc(NC(=O)NCCCS(C)(=O)=O)c1. The van der Waals surface area contributed by atoms with E-state index in [1.54, 1.807) is 0 Å². The van der Waals surface area contributed by atoms with Crippen LogP contribution in [0, 0.1) is 0 Å². The molecule has 0 aromatic heterocycles. The molecule has 0 bridgehead atoms. The van der Waals surface area contributed by atoms with E-state index in [-0.39, 0.29) is 17.8 Å². The molecular weight excluding hydrogens is 290 g/mol. The lowest BCUT2D eigenvalue weighted by Crippen LogP contribution is -2.30. The van der Waals surface area contributed by atoms with Gasteiger partial charge in [-0.3, -0.25) is 0 Å². The molecule has 7 heteroatoms. The number of hydrogen-bond acceptors (Lipinski definition) is 4. The lowest BCUT2D eigenvalue weighted by molar-refractivity contribution is 0.252. The zero-order valence-corrected chi connectivity index (χ0v) is 13.5. The number of benzene rings is 1. The van der Waals surface area contributed by atoms with Gasteiger partial charge >= 0.3 is 6.03 Å². The van der Waals surface area contributed by atoms with Crippen molar-refractivity contribution in [3.63, 3.8) is 0 Å². The number of anilines is 1. The van der Waals surface area contributed by atoms with E-state index < -0.39 is 9.84 Å². The van der Waals surface area contributed by atoms with Crippen molar-refractivity contribution >= 4 is 21.6 Å². The topological polar surface area (TPSA) is 87.3 Å². The molecule has 0 aliphatic carbocycles. The molecule has 1 unspecified atom stereocenters. The quantitative estimate of drug-likeness (QED) is 0.666. The van der Waals surface area contributed by atoms with Crippen molar-refractivity contribution in [2.24, 2.45) is 0 Å². The van der Waals surface area contributed by atoms with Crippen molar-refractivity contribution in [3.05, 3.63) is 29.8 Å². The number of carbonyl (C=O) groups is 1. The largest absolute Gasteiger partial charge is 0.338 e. The number of urea groups is 1. The van der Waals surface area contributed by atoms with Gasteiger partial charge in [0.2, 0.25) is 0 Å². The fourth-order valence-electron chi connectivity index (χ4n) is 1.76. The maximum absolute atomic E-state index is 11.7. The maximum Gasteiger partial charge on any atom is 0.319 e. The van der Waals surface area contributed by atoms with Crippen LogP contribution in [0.1, 0.15) is 24.9 Å². The molecule has 0 fully saturated rings. The Morgan fingerprint density at radius 2 is 2.05 bits per heavy atom. The molecule has 1 rings (SSSR count). The number of hydrogen-bond donors (Lipinski definition) is 3. The third-order valence-electron chi connectivity index (χ3n) is 3.05. The van der Waals surface area contributed by atoms with E-state index in [2.05, 4.69) is 16.0 Å². The minimum Gasteiger partial charge on any atom is -0.338 e. The van der Waals surface area contributed by atoms with Crippen molar-refractivity contribution < 1.29 is 13.2 Å². The van der Waals surface area contributed by atoms with Gasteiger partial charge in [0.1, 0.15) is 9.84 Å². The molecule has 0 aliphatic heterocycles. The first-order valence-electron chi connectivity index (χ1n) is 6.81. The Morgan fingerprint density at radius 3 is 2.67 bits per heavy atom. The summed E-state index contributed by atoms with van der Waals surface area (Å²) in [6.45, 7) is 2.36. The van der Waals surface area contributed by atoms with Crippen molar-refractivity contribution in [1.82, 2.24) is 10.6 Å². The normalized spacial score (nSPS) is 12.7. The van der Waals surface area contributed by atoms with Crippen molar-refractivity contribution in [3.8, 4) is 0 Å². The Labute approximate surface area is 126 Å². The molecule has 1 aromatic carbocycles. The van der Waals surface area contributed by atoms with Crippen LogP contribution in [0.2, 0.25) is 0 Å². The molecule has 0 saturated heterocycles. The number of amides is 2. The monoisotopic (exact) mass is 313 g/mol. The van der Waals surface area contributed by atoms with Crippen LogP contribution in [0.15, 0.2) is 24.3 Å². The van der Waals surface area contributed by atoms with E-state index in [0.29, 0.717) is 18.7 Å². The Bertz CT molecular complexity index is 573. The molecule has 1 aromatic rings. The van der Waals surface area contributed by atoms with Gasteiger partial charge in [0.05, 0.1) is 5.75 Å². The Hall–Kier alpha value is -1.60. The average Bonchev–Trinajstić information content (AvgIpc) is 2.42. The van der Waals surface area contributed by atoms with Gasteiger partial charge in [0, 0.05) is 24.5 Å². The van der Waals surface area contributed by atoms with Crippen LogP contribution in [0.4, 0.5) is 10.5 Å². The molecule has 3 N–H and O–H groups in total. The van der Waals surface area contributed by atoms with E-state index >= 15 is 0 Å². The van der Waals surface area contributed by atoms with E-state index in [9.17, 15) is 13.2 Å². The van der Waals surface area contributed by atoms with E-state index in [1.807, 2.05) is 38.2 Å². The molecular formula is C14H23N3O3S. The summed E-state index contributed by atoms with van der Waals surface area (Å²) in [7, 11) is -1.10. The highest BCUT2D eigenvalue weighted by atomic mass is 32.2. The van der Waals surface area contributed by atoms with Crippen molar-refractivity contribution in [1.29, 1.82) is 0 Å². The van der Waals surface area contributed by atoms with Gasteiger partial charge in [0.25, 0.3) is 0 Å². The van der Waals surface area contributed by atoms with Gasteiger partial charge in [-0.25, -0.2) is 13.2 Å². The molecule has 1 atom stereocenters. The van der Waals surface area contributed by atoms with E-state index in [4.69, 9.17) is 0 Å². The Balaban J connectivity index is 2.44. The molecule has 118 valence electrons. The predicted octanol–water partition coefficient (Wildman–Crippen LogP) is 1.52. The highest BCUT2D eigenvalue weighted by molar-refractivity contribution is 7.90. The summed E-state index contributed by atoms with van der Waals surface area (Å²) in [5.41, 5.74) is 1.78. The van der Waals surface area contributed by atoms with Gasteiger partial charge in [-0.1, -0.05) is 12.1 Å². The first-order chi connectivity index (χ1) is 9.81. The van der Waals surface area contributed by atoms with Crippen LogP contribution in [-0.4, -0.2) is 40.0 Å². The third-order valence-corrected chi connectivity index (χ3v) is 4.09. The van der Waals surface area contributed by atoms with Crippen LogP contribution >= 0.6 is 0 Å². The van der Waals surface area contributed by atoms with Gasteiger partial charge < -0.3 is 16.0 Å². The number of sulfone groups is 1. The van der Waals surface area contributed by atoms with Crippen LogP contribution in [0.5, 0.6) is 0 Å². The first kappa shape index (κ1) is 17.5. The van der Waals surface area contributed by atoms with Crippen molar-refractivity contribution in [2.75, 3.05) is 30.9 Å². The second kappa shape index (κ2) is 7.99. The second-order valence-corrected chi connectivity index (χ2v) is 7.26. The molecule has 2 amide bonds. The summed E-state index contributed by atoms with van der Waals surface area (Å²) in [5.74, 6) is 0.0719. The van der Waals surface area contributed by atoms with E-state index in [0.717, 1.165) is 5.56 Å². The lowest BCUT2D eigenvalue weighted by Gasteiger charge is -2.13. The number of carbonyl (C=O) groups excluding carboxylic acids is 1. The maximum atomic E-state index is 11.7. The third kappa shape index (κ3) is 7.10. The zero-order chi connectivity index (χ0) is 15.9. The summed E-state index contributed by atoms with van der Waals surface area (Å²) >= 11 is 0. The average molecular weight is 313 g/mol. The van der Waals surface area contributed by atoms with Crippen LogP contribution < -0.4 is 16.0 Å².